The summed E-state index contributed by atoms with van der Waals surface area (Å²) in [6.45, 7) is 0. The smallest absolute Gasteiger partial charge is 0.189 e. The van der Waals surface area contributed by atoms with Gasteiger partial charge in [0.15, 0.2) is 11.6 Å². The standard InChI is InChI=1S/C20H14O2/c21-19-15-8-4-2-6-12(15)18-17-13(9-10-16(17)19)11-5-1-3-7-14(11)20(18)22/h1-8,13,18H,9-10H2/t13-,18+/m0/s1. The predicted molar refractivity (Wildman–Crippen MR) is 83.3 cm³/mol. The second-order valence-corrected chi connectivity index (χ2v) is 6.33. The van der Waals surface area contributed by atoms with Crippen LogP contribution in [-0.4, -0.2) is 11.6 Å². The van der Waals surface area contributed by atoms with Gasteiger partial charge in [-0.15, -0.1) is 0 Å². The fourth-order valence-electron chi connectivity index (χ4n) is 4.49. The molecule has 0 N–H and O–H groups in total. The van der Waals surface area contributed by atoms with Gasteiger partial charge in [-0.1, -0.05) is 48.5 Å². The Kier molecular flexibility index (Phi) is 2.22. The minimum atomic E-state index is -0.244. The first-order valence-electron chi connectivity index (χ1n) is 7.77. The molecule has 2 heteroatoms. The molecule has 0 bridgehead atoms. The van der Waals surface area contributed by atoms with Crippen LogP contribution >= 0.6 is 0 Å². The average Bonchev–Trinajstić information content (AvgIpc) is 3.00. The Morgan fingerprint density at radius 1 is 0.818 bits per heavy atom. The lowest BCUT2D eigenvalue weighted by Crippen LogP contribution is -2.30. The number of fused-ring (bicyclic) bond motifs is 4. The molecule has 106 valence electrons. The van der Waals surface area contributed by atoms with Crippen LogP contribution in [0.1, 0.15) is 56.5 Å². The van der Waals surface area contributed by atoms with Crippen molar-refractivity contribution in [2.24, 2.45) is 0 Å². The van der Waals surface area contributed by atoms with Crippen LogP contribution in [0.2, 0.25) is 0 Å². The summed E-state index contributed by atoms with van der Waals surface area (Å²) in [5.41, 5.74) is 5.56. The van der Waals surface area contributed by atoms with Gasteiger partial charge in [-0.2, -0.15) is 0 Å². The third-order valence-corrected chi connectivity index (χ3v) is 5.37. The van der Waals surface area contributed by atoms with E-state index in [4.69, 9.17) is 0 Å². The predicted octanol–water partition coefficient (Wildman–Crippen LogP) is 4.04. The van der Waals surface area contributed by atoms with Crippen molar-refractivity contribution in [2.75, 3.05) is 0 Å². The lowest BCUT2D eigenvalue weighted by atomic mass is 9.67. The van der Waals surface area contributed by atoms with Crippen LogP contribution < -0.4 is 0 Å². The molecule has 2 nitrogen and oxygen atoms in total. The number of hydrogen-bond acceptors (Lipinski definition) is 2. The first-order chi connectivity index (χ1) is 10.8. The zero-order valence-corrected chi connectivity index (χ0v) is 12.0. The quantitative estimate of drug-likeness (QED) is 0.732. The van der Waals surface area contributed by atoms with Crippen molar-refractivity contribution < 1.29 is 9.59 Å². The molecular formula is C20H14O2. The first kappa shape index (κ1) is 12.1. The van der Waals surface area contributed by atoms with E-state index in [0.29, 0.717) is 0 Å². The first-order valence-corrected chi connectivity index (χ1v) is 7.77. The molecule has 0 spiro atoms. The van der Waals surface area contributed by atoms with Gasteiger partial charge in [0.1, 0.15) is 0 Å². The molecule has 0 aromatic heterocycles. The lowest BCUT2D eigenvalue weighted by molar-refractivity contribution is 0.0957. The summed E-state index contributed by atoms with van der Waals surface area (Å²) < 4.78 is 0. The van der Waals surface area contributed by atoms with E-state index in [1.165, 1.54) is 0 Å². The molecule has 3 aliphatic carbocycles. The van der Waals surface area contributed by atoms with Crippen molar-refractivity contribution in [3.8, 4) is 0 Å². The highest BCUT2D eigenvalue weighted by molar-refractivity contribution is 6.18. The molecular weight excluding hydrogens is 272 g/mol. The summed E-state index contributed by atoms with van der Waals surface area (Å²) in [7, 11) is 0. The van der Waals surface area contributed by atoms with E-state index < -0.39 is 0 Å². The van der Waals surface area contributed by atoms with Crippen molar-refractivity contribution in [1.82, 2.24) is 0 Å². The third-order valence-electron chi connectivity index (χ3n) is 5.37. The number of carbonyl (C=O) groups is 2. The van der Waals surface area contributed by atoms with E-state index in [0.717, 1.165) is 46.2 Å². The van der Waals surface area contributed by atoms with Crippen LogP contribution in [0.5, 0.6) is 0 Å². The van der Waals surface area contributed by atoms with Gasteiger partial charge in [0.2, 0.25) is 0 Å². The number of ketones is 2. The Labute approximate surface area is 128 Å². The van der Waals surface area contributed by atoms with Crippen LogP contribution in [0, 0.1) is 0 Å². The Bertz CT molecular complexity index is 888. The van der Waals surface area contributed by atoms with Gasteiger partial charge >= 0.3 is 0 Å². The van der Waals surface area contributed by atoms with Crippen molar-refractivity contribution in [3.63, 3.8) is 0 Å². The second-order valence-electron chi connectivity index (χ2n) is 6.33. The van der Waals surface area contributed by atoms with E-state index in [2.05, 4.69) is 6.07 Å². The van der Waals surface area contributed by atoms with Crippen molar-refractivity contribution in [1.29, 1.82) is 0 Å². The van der Waals surface area contributed by atoms with E-state index >= 15 is 0 Å². The minimum absolute atomic E-state index is 0.136. The maximum atomic E-state index is 13.1. The Morgan fingerprint density at radius 3 is 2.32 bits per heavy atom. The molecule has 0 unspecified atom stereocenters. The fraction of sp³-hybridized carbons (Fsp3) is 0.200. The number of rotatable bonds is 0. The minimum Gasteiger partial charge on any atom is -0.293 e. The van der Waals surface area contributed by atoms with Crippen molar-refractivity contribution in [3.05, 3.63) is 81.9 Å². The molecule has 2 atom stereocenters. The van der Waals surface area contributed by atoms with Crippen LogP contribution in [0.4, 0.5) is 0 Å². The molecule has 0 fully saturated rings. The van der Waals surface area contributed by atoms with E-state index in [1.54, 1.807) is 0 Å². The van der Waals surface area contributed by atoms with E-state index in [9.17, 15) is 9.59 Å². The maximum absolute atomic E-state index is 13.1. The fourth-order valence-corrected chi connectivity index (χ4v) is 4.49. The maximum Gasteiger partial charge on any atom is 0.189 e. The molecule has 0 radical (unpaired) electrons. The highest BCUT2D eigenvalue weighted by atomic mass is 16.1. The average molecular weight is 286 g/mol. The van der Waals surface area contributed by atoms with Crippen molar-refractivity contribution in [2.45, 2.75) is 24.7 Å². The Balaban J connectivity index is 1.86. The number of hydrogen-bond donors (Lipinski definition) is 0. The zero-order chi connectivity index (χ0) is 14.8. The third kappa shape index (κ3) is 1.31. The largest absolute Gasteiger partial charge is 0.293 e. The SMILES string of the molecule is O=C1C2=C3[C@H](C(=O)c4ccccc4[C@@H]3CC2)c2ccccc21. The van der Waals surface area contributed by atoms with Gasteiger partial charge in [-0.25, -0.2) is 0 Å². The molecule has 2 aromatic carbocycles. The molecule has 0 heterocycles. The van der Waals surface area contributed by atoms with Crippen LogP contribution in [0.3, 0.4) is 0 Å². The topological polar surface area (TPSA) is 34.1 Å². The number of allylic oxidation sites excluding steroid dienone is 2. The Hall–Kier alpha value is -2.48. The summed E-state index contributed by atoms with van der Waals surface area (Å²) in [5, 5.41) is 0. The molecule has 22 heavy (non-hydrogen) atoms. The zero-order valence-electron chi connectivity index (χ0n) is 12.0. The van der Waals surface area contributed by atoms with Gasteiger partial charge in [-0.05, 0) is 29.5 Å². The van der Waals surface area contributed by atoms with Gasteiger partial charge < -0.3 is 0 Å². The number of benzene rings is 2. The summed E-state index contributed by atoms with van der Waals surface area (Å²) in [4.78, 5) is 25.9. The molecule has 0 saturated heterocycles. The Morgan fingerprint density at radius 2 is 1.50 bits per heavy atom. The summed E-state index contributed by atoms with van der Waals surface area (Å²) >= 11 is 0. The van der Waals surface area contributed by atoms with Crippen LogP contribution in [0.25, 0.3) is 0 Å². The molecule has 5 rings (SSSR count). The van der Waals surface area contributed by atoms with E-state index in [1.807, 2.05) is 42.5 Å². The molecule has 0 amide bonds. The number of carbonyl (C=O) groups excluding carboxylic acids is 2. The highest BCUT2D eigenvalue weighted by Gasteiger charge is 2.47. The van der Waals surface area contributed by atoms with Crippen LogP contribution in [0.15, 0.2) is 59.7 Å². The normalized spacial score (nSPS) is 24.9. The molecule has 0 aliphatic heterocycles. The summed E-state index contributed by atoms with van der Waals surface area (Å²) in [6, 6.07) is 15.5. The molecule has 0 saturated carbocycles. The second kappa shape index (κ2) is 4.04. The molecule has 3 aliphatic rings. The van der Waals surface area contributed by atoms with Gasteiger partial charge in [-0.3, -0.25) is 9.59 Å². The number of Topliss-reactive ketones (excluding diaryl/α,β-unsaturated/α-hetero) is 2. The highest BCUT2D eigenvalue weighted by Crippen LogP contribution is 2.55. The van der Waals surface area contributed by atoms with Crippen molar-refractivity contribution >= 4 is 11.6 Å². The van der Waals surface area contributed by atoms with Gasteiger partial charge in [0.25, 0.3) is 0 Å². The van der Waals surface area contributed by atoms with E-state index in [-0.39, 0.29) is 23.4 Å². The monoisotopic (exact) mass is 286 g/mol. The van der Waals surface area contributed by atoms with Crippen LogP contribution in [-0.2, 0) is 0 Å². The van der Waals surface area contributed by atoms with Gasteiger partial charge in [0.05, 0.1) is 5.92 Å². The molecule has 2 aromatic rings. The lowest BCUT2D eigenvalue weighted by Gasteiger charge is -2.34. The summed E-state index contributed by atoms with van der Waals surface area (Å²) in [6.07, 6.45) is 1.75. The summed E-state index contributed by atoms with van der Waals surface area (Å²) in [5.74, 6) is 0.287. The van der Waals surface area contributed by atoms with Gasteiger partial charge in [0, 0.05) is 22.6 Å².